The third kappa shape index (κ3) is 4.92. The van der Waals surface area contributed by atoms with Crippen molar-refractivity contribution in [3.05, 3.63) is 80.0 Å². The van der Waals surface area contributed by atoms with Crippen LogP contribution in [0, 0.1) is 17.0 Å². The Morgan fingerprint density at radius 1 is 1.14 bits per heavy atom. The van der Waals surface area contributed by atoms with E-state index in [1.807, 2.05) is 0 Å². The van der Waals surface area contributed by atoms with E-state index in [4.69, 9.17) is 39.8 Å². The number of furan rings is 1. The Morgan fingerprint density at radius 2 is 1.83 bits per heavy atom. The molecule has 1 aromatic heterocycles. The van der Waals surface area contributed by atoms with Crippen molar-refractivity contribution in [2.75, 3.05) is 5.32 Å². The number of amides is 1. The number of carbonyl (C=O) groups excluding carboxylic acids is 1. The van der Waals surface area contributed by atoms with Gasteiger partial charge in [-0.2, -0.15) is 0 Å². The molecule has 0 aliphatic rings. The van der Waals surface area contributed by atoms with Crippen LogP contribution in [0.4, 0.5) is 11.4 Å². The van der Waals surface area contributed by atoms with Crippen LogP contribution < -0.4 is 10.6 Å². The van der Waals surface area contributed by atoms with Gasteiger partial charge < -0.3 is 9.73 Å². The number of thiocarbonyl (C=S) groups is 1. The molecule has 10 heteroatoms. The minimum absolute atomic E-state index is 0.00698. The van der Waals surface area contributed by atoms with Gasteiger partial charge in [0.05, 0.1) is 4.92 Å². The van der Waals surface area contributed by atoms with Crippen LogP contribution in [-0.4, -0.2) is 15.9 Å². The molecule has 3 aromatic rings. The van der Waals surface area contributed by atoms with E-state index >= 15 is 0 Å². The molecule has 0 fully saturated rings. The van der Waals surface area contributed by atoms with Crippen molar-refractivity contribution in [1.29, 1.82) is 0 Å². The van der Waals surface area contributed by atoms with Crippen molar-refractivity contribution in [1.82, 2.24) is 5.32 Å². The minimum Gasteiger partial charge on any atom is -0.451 e. The highest BCUT2D eigenvalue weighted by Crippen LogP contribution is 2.30. The number of halogens is 2. The standard InChI is InChI=1S/C19H13Cl2N3O4S/c1-10-8-15(24(26)27)13(21)9-14(10)22-19(29)23-18(25)17-7-6-16(28-17)11-2-4-12(20)5-3-11/h2-9H,1H3,(H2,22,23,25,29). The van der Waals surface area contributed by atoms with Gasteiger partial charge in [-0.3, -0.25) is 20.2 Å². The number of benzene rings is 2. The molecule has 0 saturated heterocycles. The number of nitro benzene ring substituents is 1. The summed E-state index contributed by atoms with van der Waals surface area (Å²) in [5.74, 6) is 0.0228. The van der Waals surface area contributed by atoms with E-state index in [0.29, 0.717) is 22.0 Å². The second-order valence-corrected chi connectivity index (χ2v) is 7.21. The van der Waals surface area contributed by atoms with Gasteiger partial charge in [-0.05, 0) is 67.2 Å². The molecule has 0 spiro atoms. The molecule has 3 rings (SSSR count). The van der Waals surface area contributed by atoms with Gasteiger partial charge >= 0.3 is 0 Å². The first-order chi connectivity index (χ1) is 13.7. The number of nitrogens with zero attached hydrogens (tertiary/aromatic N) is 1. The van der Waals surface area contributed by atoms with E-state index in [1.165, 1.54) is 18.2 Å². The fourth-order valence-corrected chi connectivity index (χ4v) is 3.05. The highest BCUT2D eigenvalue weighted by molar-refractivity contribution is 7.80. The average Bonchev–Trinajstić information content (AvgIpc) is 3.15. The summed E-state index contributed by atoms with van der Waals surface area (Å²) < 4.78 is 5.57. The molecule has 0 bridgehead atoms. The lowest BCUT2D eigenvalue weighted by Crippen LogP contribution is -2.34. The van der Waals surface area contributed by atoms with E-state index in [1.54, 1.807) is 37.3 Å². The van der Waals surface area contributed by atoms with E-state index in [2.05, 4.69) is 10.6 Å². The van der Waals surface area contributed by atoms with Crippen LogP contribution in [0.5, 0.6) is 0 Å². The lowest BCUT2D eigenvalue weighted by Gasteiger charge is -2.11. The molecule has 2 aromatic carbocycles. The van der Waals surface area contributed by atoms with Crippen LogP contribution in [0.15, 0.2) is 52.9 Å². The topological polar surface area (TPSA) is 97.4 Å². The Labute approximate surface area is 180 Å². The van der Waals surface area contributed by atoms with Crippen molar-refractivity contribution in [3.8, 4) is 11.3 Å². The molecule has 148 valence electrons. The summed E-state index contributed by atoms with van der Waals surface area (Å²) in [6, 6.07) is 12.9. The molecule has 0 saturated carbocycles. The molecule has 0 aliphatic heterocycles. The van der Waals surface area contributed by atoms with Gasteiger partial charge in [-0.1, -0.05) is 23.2 Å². The van der Waals surface area contributed by atoms with Crippen molar-refractivity contribution >= 4 is 57.8 Å². The number of carbonyl (C=O) groups is 1. The zero-order valence-corrected chi connectivity index (χ0v) is 17.2. The van der Waals surface area contributed by atoms with Crippen LogP contribution in [0.2, 0.25) is 10.0 Å². The number of nitrogens with one attached hydrogen (secondary N) is 2. The van der Waals surface area contributed by atoms with Gasteiger partial charge in [0, 0.05) is 22.3 Å². The van der Waals surface area contributed by atoms with Gasteiger partial charge in [0.15, 0.2) is 10.9 Å². The maximum Gasteiger partial charge on any atom is 0.293 e. The van der Waals surface area contributed by atoms with Crippen LogP contribution in [0.1, 0.15) is 16.1 Å². The third-order valence-electron chi connectivity index (χ3n) is 3.92. The van der Waals surface area contributed by atoms with Gasteiger partial charge in [0.25, 0.3) is 11.6 Å². The molecule has 1 heterocycles. The molecule has 7 nitrogen and oxygen atoms in total. The normalized spacial score (nSPS) is 10.4. The second kappa shape index (κ2) is 8.60. The zero-order valence-electron chi connectivity index (χ0n) is 14.9. The summed E-state index contributed by atoms with van der Waals surface area (Å²) >= 11 is 16.9. The highest BCUT2D eigenvalue weighted by Gasteiger charge is 2.17. The third-order valence-corrected chi connectivity index (χ3v) is 4.68. The Hall–Kier alpha value is -2.94. The van der Waals surface area contributed by atoms with Gasteiger partial charge in [-0.25, -0.2) is 0 Å². The summed E-state index contributed by atoms with van der Waals surface area (Å²) in [6.45, 7) is 1.65. The van der Waals surface area contributed by atoms with Gasteiger partial charge in [0.2, 0.25) is 0 Å². The highest BCUT2D eigenvalue weighted by atomic mass is 35.5. The molecule has 29 heavy (non-hydrogen) atoms. The quantitative estimate of drug-likeness (QED) is 0.305. The first kappa shape index (κ1) is 20.8. The van der Waals surface area contributed by atoms with Gasteiger partial charge in [-0.15, -0.1) is 0 Å². The molecule has 1 amide bonds. The van der Waals surface area contributed by atoms with Gasteiger partial charge in [0.1, 0.15) is 10.8 Å². The Bertz CT molecular complexity index is 1110. The smallest absolute Gasteiger partial charge is 0.293 e. The van der Waals surface area contributed by atoms with Crippen molar-refractivity contribution in [2.45, 2.75) is 6.92 Å². The molecular weight excluding hydrogens is 437 g/mol. The average molecular weight is 450 g/mol. The SMILES string of the molecule is Cc1cc([N+](=O)[O-])c(Cl)cc1NC(=S)NC(=O)c1ccc(-c2ccc(Cl)cc2)o1. The van der Waals surface area contributed by atoms with Crippen molar-refractivity contribution in [2.24, 2.45) is 0 Å². The summed E-state index contributed by atoms with van der Waals surface area (Å²) in [4.78, 5) is 22.7. The predicted octanol–water partition coefficient (Wildman–Crippen LogP) is 5.60. The largest absolute Gasteiger partial charge is 0.451 e. The zero-order chi connectivity index (χ0) is 21.1. The molecule has 2 N–H and O–H groups in total. The second-order valence-electron chi connectivity index (χ2n) is 5.95. The lowest BCUT2D eigenvalue weighted by molar-refractivity contribution is -0.384. The Kier molecular flexibility index (Phi) is 6.17. The van der Waals surface area contributed by atoms with E-state index in [9.17, 15) is 14.9 Å². The predicted molar refractivity (Wildman–Crippen MR) is 116 cm³/mol. The maximum atomic E-state index is 12.4. The van der Waals surface area contributed by atoms with E-state index in [-0.39, 0.29) is 21.6 Å². The summed E-state index contributed by atoms with van der Waals surface area (Å²) in [5.41, 5.74) is 1.54. The Morgan fingerprint density at radius 3 is 2.48 bits per heavy atom. The number of aryl methyl sites for hydroxylation is 1. The van der Waals surface area contributed by atoms with E-state index in [0.717, 1.165) is 5.56 Å². The fraction of sp³-hybridized carbons (Fsp3) is 0.0526. The summed E-state index contributed by atoms with van der Waals surface area (Å²) in [5, 5.41) is 16.8. The molecule has 0 atom stereocenters. The fourth-order valence-electron chi connectivity index (χ4n) is 2.49. The molecule has 0 unspecified atom stereocenters. The lowest BCUT2D eigenvalue weighted by atomic mass is 10.2. The monoisotopic (exact) mass is 449 g/mol. The van der Waals surface area contributed by atoms with Crippen LogP contribution in [-0.2, 0) is 0 Å². The van der Waals surface area contributed by atoms with Crippen LogP contribution in [0.3, 0.4) is 0 Å². The Balaban J connectivity index is 1.68. The number of hydrogen-bond donors (Lipinski definition) is 2. The number of rotatable bonds is 4. The maximum absolute atomic E-state index is 12.4. The van der Waals surface area contributed by atoms with Crippen LogP contribution >= 0.6 is 35.4 Å². The molecule has 0 aliphatic carbocycles. The van der Waals surface area contributed by atoms with Crippen molar-refractivity contribution in [3.63, 3.8) is 0 Å². The minimum atomic E-state index is -0.575. The summed E-state index contributed by atoms with van der Waals surface area (Å²) in [6.07, 6.45) is 0. The first-order valence-corrected chi connectivity index (χ1v) is 9.33. The molecular formula is C19H13Cl2N3O4S. The van der Waals surface area contributed by atoms with E-state index < -0.39 is 10.8 Å². The number of nitro groups is 1. The number of hydrogen-bond acceptors (Lipinski definition) is 5. The first-order valence-electron chi connectivity index (χ1n) is 8.17. The van der Waals surface area contributed by atoms with Crippen LogP contribution in [0.25, 0.3) is 11.3 Å². The number of anilines is 1. The van der Waals surface area contributed by atoms with Crippen molar-refractivity contribution < 1.29 is 14.1 Å². The molecule has 0 radical (unpaired) electrons. The summed E-state index contributed by atoms with van der Waals surface area (Å²) in [7, 11) is 0.